The van der Waals surface area contributed by atoms with Gasteiger partial charge < -0.3 is 4.90 Å². The van der Waals surface area contributed by atoms with E-state index in [0.717, 1.165) is 0 Å². The second-order valence-electron chi connectivity index (χ2n) is 5.01. The van der Waals surface area contributed by atoms with Gasteiger partial charge in [0.15, 0.2) is 0 Å². The van der Waals surface area contributed by atoms with E-state index in [4.69, 9.17) is 0 Å². The van der Waals surface area contributed by atoms with Gasteiger partial charge in [-0.15, -0.1) is 0 Å². The van der Waals surface area contributed by atoms with Crippen LogP contribution in [0.25, 0.3) is 0 Å². The molecule has 0 aromatic heterocycles. The van der Waals surface area contributed by atoms with E-state index in [0.29, 0.717) is 5.41 Å². The van der Waals surface area contributed by atoms with Crippen LogP contribution in [0.4, 0.5) is 0 Å². The zero-order valence-electron chi connectivity index (χ0n) is 11.6. The molecule has 0 aliphatic carbocycles. The molecule has 96 valence electrons. The lowest BCUT2D eigenvalue weighted by molar-refractivity contribution is 0.0265. The van der Waals surface area contributed by atoms with Crippen LogP contribution < -0.4 is 5.43 Å². The quantitative estimate of drug-likeness (QED) is 0.739. The van der Waals surface area contributed by atoms with Crippen molar-refractivity contribution in [2.24, 2.45) is 5.41 Å². The van der Waals surface area contributed by atoms with Gasteiger partial charge in [0, 0.05) is 13.1 Å². The van der Waals surface area contributed by atoms with Crippen LogP contribution in [-0.2, 0) is 0 Å². The van der Waals surface area contributed by atoms with Crippen molar-refractivity contribution in [3.8, 4) is 0 Å². The lowest BCUT2D eigenvalue weighted by Crippen LogP contribution is -2.49. The van der Waals surface area contributed by atoms with Gasteiger partial charge in [0.05, 0.1) is 0 Å². The van der Waals surface area contributed by atoms with Gasteiger partial charge in [-0.3, -0.25) is 5.43 Å². The summed E-state index contributed by atoms with van der Waals surface area (Å²) >= 11 is 0. The SMILES string of the molecule is CC.CNN1CCC2(CCN(C)CC2)CC1. The van der Waals surface area contributed by atoms with Crippen molar-refractivity contribution in [3.05, 3.63) is 0 Å². The lowest BCUT2D eigenvalue weighted by atomic mass is 9.71. The third-order valence-corrected chi connectivity index (χ3v) is 4.19. The second kappa shape index (κ2) is 6.58. The van der Waals surface area contributed by atoms with E-state index >= 15 is 0 Å². The first-order valence-corrected chi connectivity index (χ1v) is 6.85. The van der Waals surface area contributed by atoms with Crippen molar-refractivity contribution in [3.63, 3.8) is 0 Å². The molecule has 0 bridgehead atoms. The van der Waals surface area contributed by atoms with Crippen LogP contribution in [0.1, 0.15) is 39.5 Å². The van der Waals surface area contributed by atoms with Crippen molar-refractivity contribution in [1.82, 2.24) is 15.3 Å². The Morgan fingerprint density at radius 2 is 1.31 bits per heavy atom. The average Bonchev–Trinajstić information content (AvgIpc) is 2.37. The van der Waals surface area contributed by atoms with Gasteiger partial charge >= 0.3 is 0 Å². The first kappa shape index (κ1) is 13.9. The highest BCUT2D eigenvalue weighted by Gasteiger charge is 2.36. The van der Waals surface area contributed by atoms with Gasteiger partial charge in [0.25, 0.3) is 0 Å². The molecule has 2 fully saturated rings. The Labute approximate surface area is 101 Å². The molecule has 2 aliphatic heterocycles. The van der Waals surface area contributed by atoms with Gasteiger partial charge in [-0.05, 0) is 58.3 Å². The van der Waals surface area contributed by atoms with Crippen LogP contribution in [0.5, 0.6) is 0 Å². The predicted octanol–water partition coefficient (Wildman–Crippen LogP) is 1.95. The minimum Gasteiger partial charge on any atom is -0.306 e. The Morgan fingerprint density at radius 1 is 0.875 bits per heavy atom. The Hall–Kier alpha value is -0.120. The van der Waals surface area contributed by atoms with Crippen molar-refractivity contribution in [2.45, 2.75) is 39.5 Å². The smallest absolute Gasteiger partial charge is 0.0136 e. The number of hydrogen-bond donors (Lipinski definition) is 1. The summed E-state index contributed by atoms with van der Waals surface area (Å²) in [6, 6.07) is 0. The highest BCUT2D eigenvalue weighted by Crippen LogP contribution is 2.40. The molecule has 0 atom stereocenters. The van der Waals surface area contributed by atoms with Crippen LogP contribution in [0.2, 0.25) is 0 Å². The van der Waals surface area contributed by atoms with E-state index in [1.165, 1.54) is 51.9 Å². The highest BCUT2D eigenvalue weighted by atomic mass is 15.5. The average molecular weight is 227 g/mol. The van der Waals surface area contributed by atoms with Crippen LogP contribution >= 0.6 is 0 Å². The van der Waals surface area contributed by atoms with Gasteiger partial charge in [-0.25, -0.2) is 5.01 Å². The molecule has 1 N–H and O–H groups in total. The monoisotopic (exact) mass is 227 g/mol. The molecule has 2 rings (SSSR count). The topological polar surface area (TPSA) is 18.5 Å². The molecular formula is C13H29N3. The van der Waals surface area contributed by atoms with Crippen LogP contribution in [0.3, 0.4) is 0 Å². The van der Waals surface area contributed by atoms with Crippen LogP contribution in [-0.4, -0.2) is 50.2 Å². The van der Waals surface area contributed by atoms with E-state index in [1.807, 2.05) is 20.9 Å². The molecule has 0 unspecified atom stereocenters. The summed E-state index contributed by atoms with van der Waals surface area (Å²) in [6.45, 7) is 9.08. The maximum Gasteiger partial charge on any atom is 0.0136 e. The number of piperidine rings is 2. The summed E-state index contributed by atoms with van der Waals surface area (Å²) in [5, 5.41) is 2.35. The maximum absolute atomic E-state index is 3.26. The largest absolute Gasteiger partial charge is 0.306 e. The molecule has 3 nitrogen and oxygen atoms in total. The number of likely N-dealkylation sites (tertiary alicyclic amines) is 1. The van der Waals surface area contributed by atoms with Gasteiger partial charge in [0.1, 0.15) is 0 Å². The van der Waals surface area contributed by atoms with Crippen molar-refractivity contribution < 1.29 is 0 Å². The molecule has 0 aromatic carbocycles. The molecule has 16 heavy (non-hydrogen) atoms. The molecular weight excluding hydrogens is 198 g/mol. The molecule has 3 heteroatoms. The Balaban J connectivity index is 0.000000606. The summed E-state index contributed by atoms with van der Waals surface area (Å²) in [7, 11) is 4.28. The second-order valence-corrected chi connectivity index (χ2v) is 5.01. The first-order chi connectivity index (χ1) is 7.74. The standard InChI is InChI=1S/C11H23N3.C2H6/c1-12-14-9-5-11(6-10-14)3-7-13(2)8-4-11;1-2/h12H,3-10H2,1-2H3;1-2H3. The number of hydrogen-bond acceptors (Lipinski definition) is 3. The lowest BCUT2D eigenvalue weighted by Gasteiger charge is -2.46. The van der Waals surface area contributed by atoms with Crippen molar-refractivity contribution in [1.29, 1.82) is 0 Å². The van der Waals surface area contributed by atoms with E-state index < -0.39 is 0 Å². The van der Waals surface area contributed by atoms with Gasteiger partial charge in [-0.2, -0.15) is 0 Å². The number of nitrogens with one attached hydrogen (secondary N) is 1. The summed E-state index contributed by atoms with van der Waals surface area (Å²) < 4.78 is 0. The summed E-state index contributed by atoms with van der Waals surface area (Å²) in [4.78, 5) is 2.47. The Morgan fingerprint density at radius 3 is 1.75 bits per heavy atom. The molecule has 0 radical (unpaired) electrons. The van der Waals surface area contributed by atoms with Crippen molar-refractivity contribution >= 4 is 0 Å². The van der Waals surface area contributed by atoms with Crippen molar-refractivity contribution in [2.75, 3.05) is 40.3 Å². The molecule has 1 spiro atoms. The summed E-state index contributed by atoms with van der Waals surface area (Å²) in [5.74, 6) is 0. The third kappa shape index (κ3) is 3.44. The minimum absolute atomic E-state index is 0.694. The zero-order valence-corrected chi connectivity index (χ0v) is 11.6. The Bertz CT molecular complexity index is 176. The fourth-order valence-electron chi connectivity index (χ4n) is 2.80. The molecule has 0 amide bonds. The molecule has 2 aliphatic rings. The maximum atomic E-state index is 3.26. The fraction of sp³-hybridized carbons (Fsp3) is 1.00. The van der Waals surface area contributed by atoms with E-state index in [-0.39, 0.29) is 0 Å². The van der Waals surface area contributed by atoms with E-state index in [2.05, 4.69) is 22.4 Å². The Kier molecular flexibility index (Phi) is 5.73. The molecule has 0 saturated carbocycles. The highest BCUT2D eigenvalue weighted by molar-refractivity contribution is 4.89. The summed E-state index contributed by atoms with van der Waals surface area (Å²) in [6.07, 6.45) is 5.62. The van der Waals surface area contributed by atoms with E-state index in [1.54, 1.807) is 0 Å². The number of hydrazine groups is 1. The zero-order chi connectivity index (χ0) is 12.0. The predicted molar refractivity (Wildman–Crippen MR) is 70.4 cm³/mol. The first-order valence-electron chi connectivity index (χ1n) is 6.85. The molecule has 2 saturated heterocycles. The molecule has 0 aromatic rings. The van der Waals surface area contributed by atoms with Gasteiger partial charge in [0.2, 0.25) is 0 Å². The van der Waals surface area contributed by atoms with Crippen LogP contribution in [0, 0.1) is 5.41 Å². The normalized spacial score (nSPS) is 26.2. The van der Waals surface area contributed by atoms with Crippen LogP contribution in [0.15, 0.2) is 0 Å². The number of nitrogens with zero attached hydrogens (tertiary/aromatic N) is 2. The summed E-state index contributed by atoms with van der Waals surface area (Å²) in [5.41, 5.74) is 3.95. The minimum atomic E-state index is 0.694. The fourth-order valence-corrected chi connectivity index (χ4v) is 2.80. The third-order valence-electron chi connectivity index (χ3n) is 4.19. The number of rotatable bonds is 1. The van der Waals surface area contributed by atoms with E-state index in [9.17, 15) is 0 Å². The molecule has 2 heterocycles. The van der Waals surface area contributed by atoms with Gasteiger partial charge in [-0.1, -0.05) is 13.8 Å².